The molecule has 2 atom stereocenters. The third-order valence-corrected chi connectivity index (χ3v) is 4.58. The Labute approximate surface area is 139 Å². The van der Waals surface area contributed by atoms with Crippen LogP contribution in [0.25, 0.3) is 0 Å². The van der Waals surface area contributed by atoms with Gasteiger partial charge in [0.25, 0.3) is 0 Å². The number of piperazine rings is 1. The Morgan fingerprint density at radius 3 is 2.50 bits per heavy atom. The lowest BCUT2D eigenvalue weighted by atomic mass is 10.1. The topological polar surface area (TPSA) is 45.7 Å². The van der Waals surface area contributed by atoms with Gasteiger partial charge in [-0.1, -0.05) is 0 Å². The Morgan fingerprint density at radius 1 is 1.32 bits per heavy atom. The third kappa shape index (κ3) is 3.21. The van der Waals surface area contributed by atoms with E-state index < -0.39 is 5.60 Å². The second kappa shape index (κ2) is 5.72. The SMILES string of the molecule is CC(C)(C)OC(=O)N1CC2CCC(C1)N2c1ccnc(Br)c1. The van der Waals surface area contributed by atoms with Crippen molar-refractivity contribution in [3.8, 4) is 0 Å². The van der Waals surface area contributed by atoms with Gasteiger partial charge < -0.3 is 14.5 Å². The average Bonchev–Trinajstić information content (AvgIpc) is 2.67. The molecule has 1 aromatic heterocycles. The third-order valence-electron chi connectivity index (χ3n) is 4.14. The minimum absolute atomic E-state index is 0.194. The molecule has 0 saturated carbocycles. The van der Waals surface area contributed by atoms with Gasteiger partial charge in [0.05, 0.1) is 0 Å². The van der Waals surface area contributed by atoms with Crippen molar-refractivity contribution in [1.82, 2.24) is 9.88 Å². The number of nitrogens with zero attached hydrogens (tertiary/aromatic N) is 3. The molecular formula is C16H22BrN3O2. The van der Waals surface area contributed by atoms with Crippen molar-refractivity contribution in [3.05, 3.63) is 22.9 Å². The molecule has 120 valence electrons. The number of hydrogen-bond donors (Lipinski definition) is 0. The second-order valence-electron chi connectivity index (χ2n) is 7.01. The van der Waals surface area contributed by atoms with Gasteiger partial charge in [-0.15, -0.1) is 0 Å². The summed E-state index contributed by atoms with van der Waals surface area (Å²) in [5.74, 6) is 0. The largest absolute Gasteiger partial charge is 0.444 e. The van der Waals surface area contributed by atoms with Crippen LogP contribution in [0.1, 0.15) is 33.6 Å². The highest BCUT2D eigenvalue weighted by atomic mass is 79.9. The molecule has 2 fully saturated rings. The summed E-state index contributed by atoms with van der Waals surface area (Å²) in [5, 5.41) is 0. The minimum atomic E-state index is -0.441. The monoisotopic (exact) mass is 367 g/mol. The lowest BCUT2D eigenvalue weighted by Crippen LogP contribution is -2.56. The van der Waals surface area contributed by atoms with Gasteiger partial charge in [-0.05, 0) is 61.7 Å². The Hall–Kier alpha value is -1.30. The summed E-state index contributed by atoms with van der Waals surface area (Å²) >= 11 is 3.43. The van der Waals surface area contributed by atoms with Crippen molar-refractivity contribution < 1.29 is 9.53 Å². The van der Waals surface area contributed by atoms with Crippen LogP contribution < -0.4 is 4.90 Å². The van der Waals surface area contributed by atoms with Crippen molar-refractivity contribution in [2.75, 3.05) is 18.0 Å². The number of carbonyl (C=O) groups is 1. The quantitative estimate of drug-likeness (QED) is 0.713. The van der Waals surface area contributed by atoms with E-state index in [1.807, 2.05) is 37.9 Å². The van der Waals surface area contributed by atoms with Gasteiger partial charge in [0.15, 0.2) is 0 Å². The molecular weight excluding hydrogens is 346 g/mol. The fourth-order valence-electron chi connectivity index (χ4n) is 3.35. The number of pyridine rings is 1. The zero-order chi connectivity index (χ0) is 15.9. The lowest BCUT2D eigenvalue weighted by Gasteiger charge is -2.42. The first-order valence-electron chi connectivity index (χ1n) is 7.71. The van der Waals surface area contributed by atoms with Crippen molar-refractivity contribution in [1.29, 1.82) is 0 Å². The van der Waals surface area contributed by atoms with Crippen molar-refractivity contribution in [3.63, 3.8) is 0 Å². The molecule has 2 aliphatic rings. The van der Waals surface area contributed by atoms with Gasteiger partial charge in [0, 0.05) is 37.1 Å². The summed E-state index contributed by atoms with van der Waals surface area (Å²) < 4.78 is 6.36. The number of likely N-dealkylation sites (tertiary alicyclic amines) is 1. The molecule has 6 heteroatoms. The summed E-state index contributed by atoms with van der Waals surface area (Å²) in [7, 11) is 0. The lowest BCUT2D eigenvalue weighted by molar-refractivity contribution is 0.0209. The zero-order valence-corrected chi connectivity index (χ0v) is 14.8. The molecule has 5 nitrogen and oxygen atoms in total. The van der Waals surface area contributed by atoms with Crippen LogP contribution in [0.2, 0.25) is 0 Å². The number of ether oxygens (including phenoxy) is 1. The maximum atomic E-state index is 12.3. The molecule has 3 heterocycles. The van der Waals surface area contributed by atoms with E-state index in [0.29, 0.717) is 12.1 Å². The molecule has 0 N–H and O–H groups in total. The number of anilines is 1. The smallest absolute Gasteiger partial charge is 0.410 e. The minimum Gasteiger partial charge on any atom is -0.444 e. The van der Waals surface area contributed by atoms with E-state index in [2.05, 4.69) is 31.9 Å². The predicted molar refractivity (Wildman–Crippen MR) is 89.0 cm³/mol. The van der Waals surface area contributed by atoms with Gasteiger partial charge in [-0.3, -0.25) is 0 Å². The van der Waals surface area contributed by atoms with Crippen LogP contribution in [0.5, 0.6) is 0 Å². The van der Waals surface area contributed by atoms with Crippen LogP contribution in [0.3, 0.4) is 0 Å². The number of hydrogen-bond acceptors (Lipinski definition) is 4. The fraction of sp³-hybridized carbons (Fsp3) is 0.625. The number of aromatic nitrogens is 1. The van der Waals surface area contributed by atoms with E-state index in [9.17, 15) is 4.79 Å². The van der Waals surface area contributed by atoms with E-state index in [1.165, 1.54) is 5.69 Å². The van der Waals surface area contributed by atoms with E-state index in [-0.39, 0.29) is 6.09 Å². The van der Waals surface area contributed by atoms with Crippen LogP contribution >= 0.6 is 15.9 Å². The zero-order valence-electron chi connectivity index (χ0n) is 13.3. The second-order valence-corrected chi connectivity index (χ2v) is 7.83. The average molecular weight is 368 g/mol. The van der Waals surface area contributed by atoms with E-state index >= 15 is 0 Å². The van der Waals surface area contributed by atoms with Crippen LogP contribution in [0.4, 0.5) is 10.5 Å². The Bertz CT molecular complexity index is 559. The first-order chi connectivity index (χ1) is 10.3. The Balaban J connectivity index is 1.73. The molecule has 22 heavy (non-hydrogen) atoms. The molecule has 2 aliphatic heterocycles. The molecule has 1 amide bonds. The van der Waals surface area contributed by atoms with E-state index in [4.69, 9.17) is 4.74 Å². The highest BCUT2D eigenvalue weighted by Gasteiger charge is 2.42. The number of rotatable bonds is 1. The molecule has 3 rings (SSSR count). The van der Waals surface area contributed by atoms with Gasteiger partial charge in [-0.25, -0.2) is 9.78 Å². The maximum Gasteiger partial charge on any atom is 0.410 e. The van der Waals surface area contributed by atoms with Gasteiger partial charge in [-0.2, -0.15) is 0 Å². The van der Waals surface area contributed by atoms with E-state index in [0.717, 1.165) is 30.5 Å². The van der Waals surface area contributed by atoms with Crippen LogP contribution in [-0.2, 0) is 4.74 Å². The first kappa shape index (κ1) is 15.6. The summed E-state index contributed by atoms with van der Waals surface area (Å²) in [5.41, 5.74) is 0.738. The molecule has 2 unspecified atom stereocenters. The van der Waals surface area contributed by atoms with Gasteiger partial charge in [0.2, 0.25) is 0 Å². The van der Waals surface area contributed by atoms with Crippen LogP contribution in [-0.4, -0.2) is 46.8 Å². The number of fused-ring (bicyclic) bond motifs is 2. The standard InChI is InChI=1S/C16H22BrN3O2/c1-16(2,3)22-15(21)19-9-12-4-5-13(10-19)20(12)11-6-7-18-14(17)8-11/h6-8,12-13H,4-5,9-10H2,1-3H3. The summed E-state index contributed by atoms with van der Waals surface area (Å²) in [4.78, 5) is 20.8. The van der Waals surface area contributed by atoms with Gasteiger partial charge >= 0.3 is 6.09 Å². The summed E-state index contributed by atoms with van der Waals surface area (Å²) in [6.07, 6.45) is 3.85. The van der Waals surface area contributed by atoms with Crippen molar-refractivity contribution in [2.24, 2.45) is 0 Å². The predicted octanol–water partition coefficient (Wildman–Crippen LogP) is 3.43. The molecule has 2 bridgehead atoms. The molecule has 0 aromatic carbocycles. The Morgan fingerprint density at radius 2 is 1.95 bits per heavy atom. The maximum absolute atomic E-state index is 12.3. The normalized spacial score (nSPS) is 24.5. The highest BCUT2D eigenvalue weighted by molar-refractivity contribution is 9.10. The fourth-order valence-corrected chi connectivity index (χ4v) is 3.71. The number of amides is 1. The molecule has 1 aromatic rings. The van der Waals surface area contributed by atoms with Gasteiger partial charge in [0.1, 0.15) is 10.2 Å². The highest BCUT2D eigenvalue weighted by Crippen LogP contribution is 2.35. The van der Waals surface area contributed by atoms with Crippen molar-refractivity contribution in [2.45, 2.75) is 51.3 Å². The van der Waals surface area contributed by atoms with E-state index in [1.54, 1.807) is 0 Å². The van der Waals surface area contributed by atoms with Crippen molar-refractivity contribution >= 4 is 27.7 Å². The molecule has 0 spiro atoms. The van der Waals surface area contributed by atoms with Crippen LogP contribution in [0, 0.1) is 0 Å². The molecule has 0 radical (unpaired) electrons. The molecule has 0 aliphatic carbocycles. The van der Waals surface area contributed by atoms with Crippen LogP contribution in [0.15, 0.2) is 22.9 Å². The molecule has 2 saturated heterocycles. The Kier molecular flexibility index (Phi) is 4.05. The number of halogens is 1. The summed E-state index contributed by atoms with van der Waals surface area (Å²) in [6, 6.07) is 4.81. The number of carbonyl (C=O) groups excluding carboxylic acids is 1. The summed E-state index contributed by atoms with van der Waals surface area (Å²) in [6.45, 7) is 7.18. The first-order valence-corrected chi connectivity index (χ1v) is 8.50.